The fourth-order valence-corrected chi connectivity index (χ4v) is 3.63. The van der Waals surface area contributed by atoms with Gasteiger partial charge in [0.1, 0.15) is 10.8 Å². The van der Waals surface area contributed by atoms with Gasteiger partial charge < -0.3 is 9.64 Å². The van der Waals surface area contributed by atoms with Crippen LogP contribution in [0.15, 0.2) is 42.5 Å². The molecular formula is C19H17N3O5S. The topological polar surface area (TPSA) is 103 Å². The van der Waals surface area contributed by atoms with Crippen LogP contribution in [0, 0.1) is 10.1 Å². The van der Waals surface area contributed by atoms with Crippen LogP contribution >= 0.6 is 11.3 Å². The van der Waals surface area contributed by atoms with Gasteiger partial charge in [0.25, 0.3) is 11.6 Å². The highest BCUT2D eigenvalue weighted by Gasteiger charge is 2.21. The average Bonchev–Trinajstić information content (AvgIpc) is 3.14. The molecule has 3 rings (SSSR count). The quantitative estimate of drug-likeness (QED) is 0.342. The Morgan fingerprint density at radius 3 is 2.79 bits per heavy atom. The van der Waals surface area contributed by atoms with Crippen molar-refractivity contribution in [2.24, 2.45) is 0 Å². The van der Waals surface area contributed by atoms with Gasteiger partial charge in [-0.15, -0.1) is 11.3 Å². The number of benzene rings is 2. The zero-order valence-electron chi connectivity index (χ0n) is 15.2. The lowest BCUT2D eigenvalue weighted by Crippen LogP contribution is -2.33. The Kier molecular flexibility index (Phi) is 5.65. The first-order valence-electron chi connectivity index (χ1n) is 8.38. The third kappa shape index (κ3) is 3.99. The predicted molar refractivity (Wildman–Crippen MR) is 105 cm³/mol. The van der Waals surface area contributed by atoms with Gasteiger partial charge in [0, 0.05) is 19.2 Å². The second kappa shape index (κ2) is 8.13. The van der Waals surface area contributed by atoms with Gasteiger partial charge >= 0.3 is 0 Å². The Hall–Kier alpha value is -3.33. The lowest BCUT2D eigenvalue weighted by atomic mass is 10.2. The maximum absolute atomic E-state index is 12.5. The van der Waals surface area contributed by atoms with Crippen LogP contribution in [0.3, 0.4) is 0 Å². The molecule has 0 aliphatic heterocycles. The smallest absolute Gasteiger partial charge is 0.270 e. The predicted octanol–water partition coefficient (Wildman–Crippen LogP) is 3.62. The van der Waals surface area contributed by atoms with Crippen molar-refractivity contribution in [3.63, 3.8) is 0 Å². The number of thiazole rings is 1. The molecule has 1 heterocycles. The molecule has 1 amide bonds. The van der Waals surface area contributed by atoms with E-state index in [0.29, 0.717) is 6.29 Å². The van der Waals surface area contributed by atoms with E-state index >= 15 is 0 Å². The van der Waals surface area contributed by atoms with Crippen molar-refractivity contribution in [3.05, 3.63) is 63.1 Å². The summed E-state index contributed by atoms with van der Waals surface area (Å²) < 4.78 is 6.47. The number of nitrogens with zero attached hydrogens (tertiary/aromatic N) is 3. The molecule has 0 fully saturated rings. The zero-order valence-corrected chi connectivity index (χ0v) is 16.0. The average molecular weight is 399 g/mol. The SMILES string of the molecule is C[C@@H](c1nc2ccccc2s1)N(C)C(=O)COc1ccc([N+](=O)[O-])cc1C=O. The lowest BCUT2D eigenvalue weighted by molar-refractivity contribution is -0.384. The molecule has 0 spiro atoms. The van der Waals surface area contributed by atoms with Crippen molar-refractivity contribution in [1.82, 2.24) is 9.88 Å². The zero-order chi connectivity index (χ0) is 20.3. The van der Waals surface area contributed by atoms with Gasteiger partial charge in [-0.1, -0.05) is 12.1 Å². The third-order valence-corrected chi connectivity index (χ3v) is 5.53. The minimum absolute atomic E-state index is 0.0175. The number of nitro groups is 1. The molecule has 144 valence electrons. The number of carbonyl (C=O) groups excluding carboxylic acids is 2. The number of likely N-dealkylation sites (N-methyl/N-ethyl adjacent to an activating group) is 1. The fraction of sp³-hybridized carbons (Fsp3) is 0.211. The van der Waals surface area contributed by atoms with Gasteiger partial charge in [-0.25, -0.2) is 4.98 Å². The van der Waals surface area contributed by atoms with E-state index in [1.54, 1.807) is 7.05 Å². The number of nitro benzene ring substituents is 1. The van der Waals surface area contributed by atoms with Gasteiger partial charge in [0.15, 0.2) is 12.9 Å². The van der Waals surface area contributed by atoms with Crippen LogP contribution in [0.5, 0.6) is 5.75 Å². The van der Waals surface area contributed by atoms with Crippen LogP contribution < -0.4 is 4.74 Å². The molecule has 2 aromatic carbocycles. The first-order valence-corrected chi connectivity index (χ1v) is 9.20. The van der Waals surface area contributed by atoms with Crippen LogP contribution in [-0.2, 0) is 4.79 Å². The Morgan fingerprint density at radius 1 is 1.36 bits per heavy atom. The molecule has 1 atom stereocenters. The maximum Gasteiger partial charge on any atom is 0.270 e. The number of fused-ring (bicyclic) bond motifs is 1. The summed E-state index contributed by atoms with van der Waals surface area (Å²) in [5, 5.41) is 11.6. The molecule has 0 aliphatic rings. The van der Waals surface area contributed by atoms with Crippen molar-refractivity contribution in [2.45, 2.75) is 13.0 Å². The van der Waals surface area contributed by atoms with Crippen LogP contribution in [0.25, 0.3) is 10.2 Å². The number of para-hydroxylation sites is 1. The van der Waals surface area contributed by atoms with E-state index in [4.69, 9.17) is 4.74 Å². The number of amides is 1. The first kappa shape index (κ1) is 19.4. The summed E-state index contributed by atoms with van der Waals surface area (Å²) in [7, 11) is 1.65. The molecule has 1 aromatic heterocycles. The monoisotopic (exact) mass is 399 g/mol. The highest BCUT2D eigenvalue weighted by atomic mass is 32.1. The molecule has 0 saturated heterocycles. The third-order valence-electron chi connectivity index (χ3n) is 4.32. The normalized spacial score (nSPS) is 11.8. The summed E-state index contributed by atoms with van der Waals surface area (Å²) in [6.45, 7) is 1.57. The summed E-state index contributed by atoms with van der Waals surface area (Å²) >= 11 is 1.52. The maximum atomic E-state index is 12.5. The number of rotatable bonds is 7. The van der Waals surface area contributed by atoms with Gasteiger partial charge in [-0.2, -0.15) is 0 Å². The number of aromatic nitrogens is 1. The minimum Gasteiger partial charge on any atom is -0.483 e. The molecule has 3 aromatic rings. The molecule has 0 N–H and O–H groups in total. The van der Waals surface area contributed by atoms with E-state index in [1.807, 2.05) is 31.2 Å². The molecular weight excluding hydrogens is 382 g/mol. The number of aldehydes is 1. The Morgan fingerprint density at radius 2 is 2.11 bits per heavy atom. The summed E-state index contributed by atoms with van der Waals surface area (Å²) in [4.78, 5) is 39.9. The van der Waals surface area contributed by atoms with E-state index in [1.165, 1.54) is 28.4 Å². The van der Waals surface area contributed by atoms with Gasteiger partial charge in [-0.05, 0) is 25.1 Å². The van der Waals surface area contributed by atoms with Crippen molar-refractivity contribution in [3.8, 4) is 5.75 Å². The van der Waals surface area contributed by atoms with E-state index in [-0.39, 0.29) is 35.6 Å². The van der Waals surface area contributed by atoms with E-state index in [2.05, 4.69) is 4.98 Å². The summed E-state index contributed by atoms with van der Waals surface area (Å²) in [6.07, 6.45) is 0.459. The van der Waals surface area contributed by atoms with Crippen molar-refractivity contribution >= 4 is 39.4 Å². The highest BCUT2D eigenvalue weighted by molar-refractivity contribution is 7.18. The highest BCUT2D eigenvalue weighted by Crippen LogP contribution is 2.29. The standard InChI is InChI=1S/C19H17N3O5S/c1-12(19-20-15-5-3-4-6-17(15)28-19)21(2)18(24)11-27-16-8-7-14(22(25)26)9-13(16)10-23/h3-10,12H,11H2,1-2H3/t12-/m0/s1. The number of carbonyl (C=O) groups is 2. The summed E-state index contributed by atoms with van der Waals surface area (Å²) in [5.41, 5.74) is 0.680. The Balaban J connectivity index is 1.68. The van der Waals surface area contributed by atoms with Gasteiger partial charge in [-0.3, -0.25) is 19.7 Å². The van der Waals surface area contributed by atoms with Crippen molar-refractivity contribution < 1.29 is 19.2 Å². The van der Waals surface area contributed by atoms with Gasteiger partial charge in [0.2, 0.25) is 0 Å². The van der Waals surface area contributed by atoms with Gasteiger partial charge in [0.05, 0.1) is 26.7 Å². The lowest BCUT2D eigenvalue weighted by Gasteiger charge is -2.23. The molecule has 0 bridgehead atoms. The number of hydrogen-bond acceptors (Lipinski definition) is 7. The van der Waals surface area contributed by atoms with E-state index in [0.717, 1.165) is 21.3 Å². The molecule has 0 unspecified atom stereocenters. The van der Waals surface area contributed by atoms with Crippen LogP contribution in [0.2, 0.25) is 0 Å². The number of ether oxygens (including phenoxy) is 1. The van der Waals surface area contributed by atoms with E-state index < -0.39 is 4.92 Å². The largest absolute Gasteiger partial charge is 0.483 e. The number of hydrogen-bond donors (Lipinski definition) is 0. The molecule has 0 aliphatic carbocycles. The summed E-state index contributed by atoms with van der Waals surface area (Å²) in [6, 6.07) is 11.1. The van der Waals surface area contributed by atoms with E-state index in [9.17, 15) is 19.7 Å². The molecule has 0 radical (unpaired) electrons. The second-order valence-corrected chi connectivity index (χ2v) is 7.15. The minimum atomic E-state index is -0.602. The van der Waals surface area contributed by atoms with Crippen LogP contribution in [-0.4, -0.2) is 40.7 Å². The Bertz CT molecular complexity index is 1020. The number of non-ortho nitro benzene ring substituents is 1. The molecule has 0 saturated carbocycles. The first-order chi connectivity index (χ1) is 13.4. The van der Waals surface area contributed by atoms with Crippen molar-refractivity contribution in [1.29, 1.82) is 0 Å². The summed E-state index contributed by atoms with van der Waals surface area (Å²) in [5.74, 6) is -0.183. The van der Waals surface area contributed by atoms with Crippen LogP contribution in [0.4, 0.5) is 5.69 Å². The van der Waals surface area contributed by atoms with Crippen LogP contribution in [0.1, 0.15) is 28.3 Å². The van der Waals surface area contributed by atoms with Crippen molar-refractivity contribution in [2.75, 3.05) is 13.7 Å². The Labute approximate surface area is 164 Å². The molecule has 8 nitrogen and oxygen atoms in total. The second-order valence-electron chi connectivity index (χ2n) is 6.09. The molecule has 28 heavy (non-hydrogen) atoms. The fourth-order valence-electron chi connectivity index (χ4n) is 2.56. The molecule has 9 heteroatoms.